The number of fused-ring (bicyclic) bond motifs is 1. The molecule has 0 heterocycles. The molecule has 0 aromatic heterocycles. The van der Waals surface area contributed by atoms with Crippen LogP contribution in [0.4, 0.5) is 5.69 Å². The Bertz CT molecular complexity index is 745. The van der Waals surface area contributed by atoms with Crippen molar-refractivity contribution in [1.29, 1.82) is 0 Å². The number of hydrogen-bond donors (Lipinski definition) is 6. The van der Waals surface area contributed by atoms with Crippen LogP contribution in [0.5, 0.6) is 5.75 Å². The van der Waals surface area contributed by atoms with Crippen LogP contribution in [-0.4, -0.2) is 38.0 Å². The maximum absolute atomic E-state index is 9.70. The van der Waals surface area contributed by atoms with Gasteiger partial charge in [-0.1, -0.05) is 12.1 Å². The molecule has 118 valence electrons. The van der Waals surface area contributed by atoms with Gasteiger partial charge < -0.3 is 24.5 Å². The second-order valence-electron chi connectivity index (χ2n) is 4.14. The summed E-state index contributed by atoms with van der Waals surface area (Å²) in [6.07, 6.45) is 0.715. The van der Waals surface area contributed by atoms with E-state index < -0.39 is 21.0 Å². The highest BCUT2D eigenvalue weighted by Crippen LogP contribution is 2.47. The van der Waals surface area contributed by atoms with Crippen LogP contribution in [0, 0.1) is 0 Å². The Labute approximate surface area is 122 Å². The Morgan fingerprint density at radius 3 is 2.05 bits per heavy atom. The van der Waals surface area contributed by atoms with Crippen molar-refractivity contribution in [3.63, 3.8) is 0 Å². The summed E-state index contributed by atoms with van der Waals surface area (Å²) in [5.74, 6) is -0.195. The molecule has 0 spiro atoms. The molecule has 8 nitrogen and oxygen atoms in total. The zero-order chi connectivity index (χ0) is 16.4. The summed E-state index contributed by atoms with van der Waals surface area (Å²) in [6.45, 7) is 0. The molecular formula is C11H15NO7S2. The molecule has 7 N–H and O–H groups in total. The highest BCUT2D eigenvalue weighted by molar-refractivity contribution is 8.19. The molecule has 0 aliphatic carbocycles. The molecule has 0 atom stereocenters. The summed E-state index contributed by atoms with van der Waals surface area (Å²) in [4.78, 5) is -0.136. The fraction of sp³-hybridized carbons (Fsp3) is 0.0909. The second-order valence-corrected chi connectivity index (χ2v) is 7.11. The molecule has 21 heavy (non-hydrogen) atoms. The first-order valence-electron chi connectivity index (χ1n) is 5.34. The number of rotatable bonds is 1. The molecule has 0 saturated heterocycles. The minimum absolute atomic E-state index is 0.136. The van der Waals surface area contributed by atoms with Crippen LogP contribution in [0.3, 0.4) is 0 Å². The van der Waals surface area contributed by atoms with Crippen molar-refractivity contribution >= 4 is 37.4 Å². The minimum Gasteiger partial charge on any atom is -0.507 e. The normalized spacial score (nSPS) is 12.6. The lowest BCUT2D eigenvalue weighted by atomic mass is 10.1. The highest BCUT2D eigenvalue weighted by atomic mass is 32.3. The number of aromatic hydroxyl groups is 1. The van der Waals surface area contributed by atoms with Gasteiger partial charge in [-0.2, -0.15) is 8.42 Å². The largest absolute Gasteiger partial charge is 0.507 e. The maximum atomic E-state index is 9.70. The smallest absolute Gasteiger partial charge is 0.261 e. The monoisotopic (exact) mass is 337 g/mol. The zero-order valence-corrected chi connectivity index (χ0v) is 12.5. The number of nitrogens with two attached hydrogens (primary N) is 1. The van der Waals surface area contributed by atoms with Gasteiger partial charge in [-0.25, -0.2) is 0 Å². The Hall–Kier alpha value is -1.56. The van der Waals surface area contributed by atoms with E-state index in [2.05, 4.69) is 0 Å². The first kappa shape index (κ1) is 17.5. The van der Waals surface area contributed by atoms with Crippen LogP contribution in [-0.2, 0) is 10.1 Å². The molecule has 0 radical (unpaired) electrons. The molecule has 0 saturated carbocycles. The number of nitrogen functional groups attached to an aromatic ring is 1. The fourth-order valence-electron chi connectivity index (χ4n) is 1.56. The van der Waals surface area contributed by atoms with E-state index in [9.17, 15) is 13.5 Å². The van der Waals surface area contributed by atoms with E-state index in [0.717, 1.165) is 6.07 Å². The van der Waals surface area contributed by atoms with Crippen LogP contribution >= 0.6 is 10.9 Å². The van der Waals surface area contributed by atoms with E-state index in [4.69, 9.17) is 23.9 Å². The lowest BCUT2D eigenvalue weighted by Crippen LogP contribution is -1.96. The molecule has 0 bridgehead atoms. The average molecular weight is 337 g/mol. The summed E-state index contributed by atoms with van der Waals surface area (Å²) in [7, 11) is -7.50. The van der Waals surface area contributed by atoms with Gasteiger partial charge in [0.05, 0.1) is 11.2 Å². The Kier molecular flexibility index (Phi) is 5.04. The Balaban J connectivity index is 0.000000383. The van der Waals surface area contributed by atoms with Crippen LogP contribution in [0.2, 0.25) is 0 Å². The van der Waals surface area contributed by atoms with Gasteiger partial charge in [-0.3, -0.25) is 4.55 Å². The first-order valence-corrected chi connectivity index (χ1v) is 8.69. The molecule has 0 fully saturated rings. The predicted molar refractivity (Wildman–Crippen MR) is 81.2 cm³/mol. The summed E-state index contributed by atoms with van der Waals surface area (Å²) in [6, 6.07) is 7.41. The van der Waals surface area contributed by atoms with Crippen LogP contribution in [0.15, 0.2) is 35.2 Å². The number of hydrogen-bond acceptors (Lipinski definition) is 7. The van der Waals surface area contributed by atoms with Crippen molar-refractivity contribution < 1.29 is 31.7 Å². The average Bonchev–Trinajstić information content (AvgIpc) is 2.24. The quantitative estimate of drug-likeness (QED) is 0.341. The number of benzene rings is 2. The van der Waals surface area contributed by atoms with E-state index in [0.29, 0.717) is 22.7 Å². The van der Waals surface area contributed by atoms with Crippen LogP contribution in [0.25, 0.3) is 10.8 Å². The summed E-state index contributed by atoms with van der Waals surface area (Å²) >= 11 is 0. The Morgan fingerprint density at radius 1 is 1.05 bits per heavy atom. The third-order valence-corrected chi connectivity index (χ3v) is 3.15. The van der Waals surface area contributed by atoms with Gasteiger partial charge in [0, 0.05) is 11.1 Å². The second kappa shape index (κ2) is 6.05. The summed E-state index contributed by atoms with van der Waals surface area (Å²) in [5.41, 5.74) is 6.06. The van der Waals surface area contributed by atoms with Crippen LogP contribution < -0.4 is 5.73 Å². The van der Waals surface area contributed by atoms with Gasteiger partial charge in [0.15, 0.2) is 0 Å². The molecule has 2 aromatic rings. The van der Waals surface area contributed by atoms with E-state index in [1.807, 2.05) is 0 Å². The van der Waals surface area contributed by atoms with Crippen molar-refractivity contribution in [3.8, 4) is 5.75 Å². The summed E-state index contributed by atoms with van der Waals surface area (Å²) < 4.78 is 53.2. The van der Waals surface area contributed by atoms with Gasteiger partial charge in [-0.15, -0.1) is 0 Å². The standard InChI is InChI=1S/C10H11NO4S.CH4O3S/c11-8-3-1-2-6-4-7(16(13,14)15)5-9(12)10(6)8;1-5(2,3)4/h1-5,12-15H,11H2;1H3,(H,2,3,4). The predicted octanol–water partition coefficient (Wildman–Crippen LogP) is 2.21. The first-order chi connectivity index (χ1) is 9.39. The van der Waals surface area contributed by atoms with Crippen molar-refractivity contribution in [3.05, 3.63) is 30.3 Å². The van der Waals surface area contributed by atoms with E-state index in [-0.39, 0.29) is 10.6 Å². The molecule has 2 rings (SSSR count). The number of phenols is 1. The topological polar surface area (TPSA) is 161 Å². The molecule has 0 unspecified atom stereocenters. The van der Waals surface area contributed by atoms with E-state index in [1.165, 1.54) is 6.07 Å². The third kappa shape index (κ3) is 5.38. The highest BCUT2D eigenvalue weighted by Gasteiger charge is 2.18. The van der Waals surface area contributed by atoms with Crippen molar-refractivity contribution in [2.75, 3.05) is 12.0 Å². The van der Waals surface area contributed by atoms with Crippen molar-refractivity contribution in [2.45, 2.75) is 4.90 Å². The van der Waals surface area contributed by atoms with Gasteiger partial charge in [0.2, 0.25) is 0 Å². The van der Waals surface area contributed by atoms with E-state index in [1.54, 1.807) is 18.2 Å². The molecule has 0 aliphatic rings. The maximum Gasteiger partial charge on any atom is 0.261 e. The fourth-order valence-corrected chi connectivity index (χ4v) is 2.12. The lowest BCUT2D eigenvalue weighted by Gasteiger charge is -2.20. The summed E-state index contributed by atoms with van der Waals surface area (Å²) in [5, 5.41) is 10.7. The van der Waals surface area contributed by atoms with Gasteiger partial charge in [0.1, 0.15) is 16.6 Å². The van der Waals surface area contributed by atoms with Crippen LogP contribution in [0.1, 0.15) is 0 Å². The molecule has 10 heteroatoms. The number of anilines is 1. The Morgan fingerprint density at radius 2 is 1.57 bits per heavy atom. The minimum atomic E-state index is -3.83. The van der Waals surface area contributed by atoms with E-state index >= 15 is 0 Å². The molecule has 0 amide bonds. The van der Waals surface area contributed by atoms with Gasteiger partial charge in [-0.05, 0) is 23.6 Å². The SMILES string of the molecule is CS(=O)(=O)O.Nc1cccc2cc(S(O)(O)O)cc(O)c12. The molecule has 2 aromatic carbocycles. The lowest BCUT2D eigenvalue weighted by molar-refractivity contribution is 0.375. The van der Waals surface area contributed by atoms with Gasteiger partial charge in [0.25, 0.3) is 10.1 Å². The van der Waals surface area contributed by atoms with Crippen molar-refractivity contribution in [1.82, 2.24) is 0 Å². The zero-order valence-electron chi connectivity index (χ0n) is 10.8. The molecule has 0 aliphatic heterocycles. The van der Waals surface area contributed by atoms with Gasteiger partial charge >= 0.3 is 0 Å². The third-order valence-electron chi connectivity index (χ3n) is 2.28. The van der Waals surface area contributed by atoms with Crippen molar-refractivity contribution in [2.24, 2.45) is 0 Å². The number of phenolic OH excluding ortho intramolecular Hbond substituents is 1. The molecular weight excluding hydrogens is 322 g/mol.